The lowest BCUT2D eigenvalue weighted by Gasteiger charge is -2.04. The first kappa shape index (κ1) is 11.7. The summed E-state index contributed by atoms with van der Waals surface area (Å²) in [6.45, 7) is 1.97. The van der Waals surface area contributed by atoms with E-state index in [-0.39, 0.29) is 5.78 Å². The van der Waals surface area contributed by atoms with E-state index in [0.29, 0.717) is 17.5 Å². The summed E-state index contributed by atoms with van der Waals surface area (Å²) in [5.41, 5.74) is 2.13. The van der Waals surface area contributed by atoms with Gasteiger partial charge in [-0.15, -0.1) is 0 Å². The van der Waals surface area contributed by atoms with E-state index in [1.807, 2.05) is 37.3 Å². The third-order valence-electron chi connectivity index (χ3n) is 3.20. The summed E-state index contributed by atoms with van der Waals surface area (Å²) in [4.78, 5) is 16.9. The van der Waals surface area contributed by atoms with Gasteiger partial charge in [-0.25, -0.2) is 0 Å². The SMILES string of the molecule is CCc1occc1C(=O)c1cccc2ncccc12. The molecular weight excluding hydrogens is 238 g/mol. The molecule has 0 fully saturated rings. The minimum Gasteiger partial charge on any atom is -0.469 e. The molecule has 3 nitrogen and oxygen atoms in total. The number of pyridine rings is 1. The Balaban J connectivity index is 2.17. The smallest absolute Gasteiger partial charge is 0.197 e. The lowest BCUT2D eigenvalue weighted by Crippen LogP contribution is -2.03. The van der Waals surface area contributed by atoms with Crippen molar-refractivity contribution in [3.8, 4) is 0 Å². The molecule has 0 N–H and O–H groups in total. The van der Waals surface area contributed by atoms with Crippen LogP contribution in [0.25, 0.3) is 10.9 Å². The highest BCUT2D eigenvalue weighted by Crippen LogP contribution is 2.22. The predicted octanol–water partition coefficient (Wildman–Crippen LogP) is 3.62. The second-order valence-electron chi connectivity index (χ2n) is 4.32. The molecule has 0 aliphatic carbocycles. The summed E-state index contributed by atoms with van der Waals surface area (Å²) in [6, 6.07) is 11.1. The molecule has 0 saturated carbocycles. The molecule has 19 heavy (non-hydrogen) atoms. The first-order chi connectivity index (χ1) is 9.31. The number of hydrogen-bond donors (Lipinski definition) is 0. The molecule has 0 aliphatic rings. The van der Waals surface area contributed by atoms with Crippen molar-refractivity contribution in [1.29, 1.82) is 0 Å². The van der Waals surface area contributed by atoms with E-state index in [9.17, 15) is 4.79 Å². The molecule has 0 aliphatic heterocycles. The minimum atomic E-state index is -0.01000. The fourth-order valence-electron chi connectivity index (χ4n) is 2.26. The maximum Gasteiger partial charge on any atom is 0.197 e. The van der Waals surface area contributed by atoms with Crippen molar-refractivity contribution in [1.82, 2.24) is 4.98 Å². The van der Waals surface area contributed by atoms with Gasteiger partial charge in [0.2, 0.25) is 0 Å². The highest BCUT2D eigenvalue weighted by molar-refractivity contribution is 6.16. The van der Waals surface area contributed by atoms with Crippen LogP contribution in [0.15, 0.2) is 53.3 Å². The van der Waals surface area contributed by atoms with Gasteiger partial charge in [-0.1, -0.05) is 25.1 Å². The number of nitrogens with zero attached hydrogens (tertiary/aromatic N) is 1. The number of benzene rings is 1. The van der Waals surface area contributed by atoms with Crippen molar-refractivity contribution in [2.45, 2.75) is 13.3 Å². The third-order valence-corrected chi connectivity index (χ3v) is 3.20. The lowest BCUT2D eigenvalue weighted by molar-refractivity contribution is 0.103. The van der Waals surface area contributed by atoms with E-state index in [2.05, 4.69) is 4.98 Å². The maximum atomic E-state index is 12.6. The quantitative estimate of drug-likeness (QED) is 0.668. The Morgan fingerprint density at radius 3 is 2.89 bits per heavy atom. The molecule has 94 valence electrons. The zero-order valence-electron chi connectivity index (χ0n) is 10.6. The Bertz CT molecular complexity index is 738. The monoisotopic (exact) mass is 251 g/mol. The van der Waals surface area contributed by atoms with Gasteiger partial charge in [0, 0.05) is 23.6 Å². The molecule has 3 aromatic rings. The van der Waals surface area contributed by atoms with Crippen LogP contribution < -0.4 is 0 Å². The molecule has 3 heteroatoms. The molecule has 0 bridgehead atoms. The topological polar surface area (TPSA) is 43.1 Å². The van der Waals surface area contributed by atoms with Gasteiger partial charge in [-0.05, 0) is 18.2 Å². The summed E-state index contributed by atoms with van der Waals surface area (Å²) in [5.74, 6) is 0.718. The summed E-state index contributed by atoms with van der Waals surface area (Å²) >= 11 is 0. The van der Waals surface area contributed by atoms with Crippen molar-refractivity contribution in [2.24, 2.45) is 0 Å². The van der Waals surface area contributed by atoms with Gasteiger partial charge in [0.25, 0.3) is 0 Å². The van der Waals surface area contributed by atoms with E-state index in [1.54, 1.807) is 18.5 Å². The Morgan fingerprint density at radius 2 is 2.05 bits per heavy atom. The standard InChI is InChI=1S/C16H13NO2/c1-2-15-13(8-10-19-15)16(18)12-5-3-7-14-11(12)6-4-9-17-14/h3-10H,2H2,1H3. The van der Waals surface area contributed by atoms with Crippen molar-refractivity contribution < 1.29 is 9.21 Å². The summed E-state index contributed by atoms with van der Waals surface area (Å²) in [6.07, 6.45) is 4.00. The fourth-order valence-corrected chi connectivity index (χ4v) is 2.26. The average molecular weight is 251 g/mol. The number of ketones is 1. The second-order valence-corrected chi connectivity index (χ2v) is 4.32. The number of carbonyl (C=O) groups is 1. The van der Waals surface area contributed by atoms with Crippen LogP contribution in [-0.2, 0) is 6.42 Å². The van der Waals surface area contributed by atoms with Crippen LogP contribution in [0.3, 0.4) is 0 Å². The average Bonchev–Trinajstić information content (AvgIpc) is 2.94. The van der Waals surface area contributed by atoms with Gasteiger partial charge in [0.1, 0.15) is 5.76 Å². The number of fused-ring (bicyclic) bond motifs is 1. The van der Waals surface area contributed by atoms with Gasteiger partial charge in [0.15, 0.2) is 5.78 Å². The first-order valence-electron chi connectivity index (χ1n) is 6.26. The van der Waals surface area contributed by atoms with E-state index < -0.39 is 0 Å². The Kier molecular flexibility index (Phi) is 2.88. The molecular formula is C16H13NO2. The number of aryl methyl sites for hydroxylation is 1. The van der Waals surface area contributed by atoms with Crippen LogP contribution in [0, 0.1) is 0 Å². The Labute approximate surface area is 110 Å². The number of carbonyl (C=O) groups excluding carboxylic acids is 1. The van der Waals surface area contributed by atoms with Crippen LogP contribution in [0.4, 0.5) is 0 Å². The summed E-state index contributed by atoms with van der Waals surface area (Å²) < 4.78 is 5.33. The van der Waals surface area contributed by atoms with E-state index >= 15 is 0 Å². The van der Waals surface area contributed by atoms with Gasteiger partial charge in [-0.2, -0.15) is 0 Å². The number of furan rings is 1. The maximum absolute atomic E-state index is 12.6. The van der Waals surface area contributed by atoms with E-state index in [0.717, 1.165) is 16.7 Å². The lowest BCUT2D eigenvalue weighted by atomic mass is 9.99. The molecule has 2 heterocycles. The largest absolute Gasteiger partial charge is 0.469 e. The molecule has 0 unspecified atom stereocenters. The Hall–Kier alpha value is -2.42. The zero-order chi connectivity index (χ0) is 13.2. The van der Waals surface area contributed by atoms with E-state index in [1.165, 1.54) is 0 Å². The van der Waals surface area contributed by atoms with Crippen molar-refractivity contribution in [2.75, 3.05) is 0 Å². The highest BCUT2D eigenvalue weighted by atomic mass is 16.3. The van der Waals surface area contributed by atoms with Crippen LogP contribution in [0.2, 0.25) is 0 Å². The Morgan fingerprint density at radius 1 is 1.16 bits per heavy atom. The van der Waals surface area contributed by atoms with Crippen molar-refractivity contribution in [3.05, 3.63) is 65.7 Å². The molecule has 0 saturated heterocycles. The van der Waals surface area contributed by atoms with Gasteiger partial charge >= 0.3 is 0 Å². The third kappa shape index (κ3) is 1.93. The number of aromatic nitrogens is 1. The molecule has 0 radical (unpaired) electrons. The first-order valence-corrected chi connectivity index (χ1v) is 6.26. The fraction of sp³-hybridized carbons (Fsp3) is 0.125. The second kappa shape index (κ2) is 4.69. The van der Waals surface area contributed by atoms with Crippen LogP contribution in [0.5, 0.6) is 0 Å². The van der Waals surface area contributed by atoms with Crippen molar-refractivity contribution >= 4 is 16.7 Å². The van der Waals surface area contributed by atoms with Gasteiger partial charge in [-0.3, -0.25) is 9.78 Å². The molecule has 3 rings (SSSR count). The zero-order valence-corrected chi connectivity index (χ0v) is 10.6. The summed E-state index contributed by atoms with van der Waals surface area (Å²) in [5, 5.41) is 0.873. The molecule has 0 spiro atoms. The van der Waals surface area contributed by atoms with Crippen LogP contribution >= 0.6 is 0 Å². The molecule has 0 amide bonds. The van der Waals surface area contributed by atoms with Crippen LogP contribution in [0.1, 0.15) is 28.6 Å². The van der Waals surface area contributed by atoms with Gasteiger partial charge < -0.3 is 4.42 Å². The van der Waals surface area contributed by atoms with E-state index in [4.69, 9.17) is 4.42 Å². The van der Waals surface area contributed by atoms with Gasteiger partial charge in [0.05, 0.1) is 17.3 Å². The van der Waals surface area contributed by atoms with Crippen molar-refractivity contribution in [3.63, 3.8) is 0 Å². The summed E-state index contributed by atoms with van der Waals surface area (Å²) in [7, 11) is 0. The predicted molar refractivity (Wildman–Crippen MR) is 73.3 cm³/mol. The molecule has 0 atom stereocenters. The number of rotatable bonds is 3. The molecule has 2 aromatic heterocycles. The normalized spacial score (nSPS) is 10.8. The van der Waals surface area contributed by atoms with Crippen LogP contribution in [-0.4, -0.2) is 10.8 Å². The highest BCUT2D eigenvalue weighted by Gasteiger charge is 2.17. The molecule has 1 aromatic carbocycles. The number of hydrogen-bond acceptors (Lipinski definition) is 3. The minimum absolute atomic E-state index is 0.01000.